The molecule has 5 heteroatoms. The average molecular weight is 258 g/mol. The van der Waals surface area contributed by atoms with Crippen molar-refractivity contribution in [3.8, 4) is 0 Å². The molecule has 1 aliphatic carbocycles. The molecular weight excluding hydrogens is 232 g/mol. The van der Waals surface area contributed by atoms with Gasteiger partial charge in [-0.25, -0.2) is 4.79 Å². The van der Waals surface area contributed by atoms with Crippen molar-refractivity contribution in [2.45, 2.75) is 38.1 Å². The fraction of sp³-hybridized carbons (Fsp3) is 0.923. The van der Waals surface area contributed by atoms with Crippen LogP contribution in [0.3, 0.4) is 0 Å². The van der Waals surface area contributed by atoms with Crippen molar-refractivity contribution in [2.24, 2.45) is 0 Å². The lowest BCUT2D eigenvalue weighted by Gasteiger charge is -2.24. The van der Waals surface area contributed by atoms with Crippen molar-refractivity contribution >= 4 is 6.03 Å². The Labute approximate surface area is 110 Å². The molecular formula is C13H26N2O3. The van der Waals surface area contributed by atoms with E-state index in [2.05, 4.69) is 5.32 Å². The minimum Gasteiger partial charge on any atom is -0.385 e. The molecule has 1 rings (SSSR count). The zero-order valence-corrected chi connectivity index (χ0v) is 11.6. The SMILES string of the molecule is COCCCN(CCOC)C(=O)NC1CCCC1. The van der Waals surface area contributed by atoms with E-state index in [-0.39, 0.29) is 6.03 Å². The fourth-order valence-electron chi connectivity index (χ4n) is 2.25. The number of amides is 2. The van der Waals surface area contributed by atoms with Crippen molar-refractivity contribution in [1.82, 2.24) is 10.2 Å². The summed E-state index contributed by atoms with van der Waals surface area (Å²) in [7, 11) is 3.33. The van der Waals surface area contributed by atoms with E-state index < -0.39 is 0 Å². The number of urea groups is 1. The summed E-state index contributed by atoms with van der Waals surface area (Å²) in [5.74, 6) is 0. The summed E-state index contributed by atoms with van der Waals surface area (Å²) in [4.78, 5) is 13.9. The Morgan fingerprint density at radius 2 is 1.83 bits per heavy atom. The molecule has 1 N–H and O–H groups in total. The highest BCUT2D eigenvalue weighted by atomic mass is 16.5. The van der Waals surface area contributed by atoms with Crippen molar-refractivity contribution in [1.29, 1.82) is 0 Å². The van der Waals surface area contributed by atoms with Crippen LogP contribution in [0.4, 0.5) is 4.79 Å². The molecule has 1 saturated carbocycles. The average Bonchev–Trinajstić information content (AvgIpc) is 2.86. The van der Waals surface area contributed by atoms with Gasteiger partial charge in [-0.05, 0) is 19.3 Å². The molecule has 0 aromatic rings. The molecule has 106 valence electrons. The summed E-state index contributed by atoms with van der Waals surface area (Å²) >= 11 is 0. The van der Waals surface area contributed by atoms with Crippen LogP contribution in [0.1, 0.15) is 32.1 Å². The largest absolute Gasteiger partial charge is 0.385 e. The standard InChI is InChI=1S/C13H26N2O3/c1-17-10-5-8-15(9-11-18-2)13(16)14-12-6-3-4-7-12/h12H,3-11H2,1-2H3,(H,14,16). The second-order valence-electron chi connectivity index (χ2n) is 4.76. The van der Waals surface area contributed by atoms with Crippen LogP contribution in [0.15, 0.2) is 0 Å². The van der Waals surface area contributed by atoms with E-state index in [9.17, 15) is 4.79 Å². The Kier molecular flexibility index (Phi) is 7.76. The molecule has 0 spiro atoms. The Hall–Kier alpha value is -0.810. The zero-order valence-electron chi connectivity index (χ0n) is 11.6. The highest BCUT2D eigenvalue weighted by Crippen LogP contribution is 2.17. The number of carbonyl (C=O) groups excluding carboxylic acids is 1. The monoisotopic (exact) mass is 258 g/mol. The van der Waals surface area contributed by atoms with E-state index >= 15 is 0 Å². The van der Waals surface area contributed by atoms with Gasteiger partial charge < -0.3 is 19.7 Å². The highest BCUT2D eigenvalue weighted by molar-refractivity contribution is 5.74. The third kappa shape index (κ3) is 5.69. The summed E-state index contributed by atoms with van der Waals surface area (Å²) < 4.78 is 10.1. The van der Waals surface area contributed by atoms with E-state index in [0.29, 0.717) is 25.8 Å². The Bertz CT molecular complexity index is 230. The van der Waals surface area contributed by atoms with E-state index in [1.165, 1.54) is 12.8 Å². The summed E-state index contributed by atoms with van der Waals surface area (Å²) in [6, 6.07) is 0.403. The third-order valence-electron chi connectivity index (χ3n) is 3.31. The maximum absolute atomic E-state index is 12.1. The van der Waals surface area contributed by atoms with Crippen molar-refractivity contribution in [3.05, 3.63) is 0 Å². The fourth-order valence-corrected chi connectivity index (χ4v) is 2.25. The van der Waals surface area contributed by atoms with Crippen molar-refractivity contribution in [3.63, 3.8) is 0 Å². The predicted molar refractivity (Wildman–Crippen MR) is 70.7 cm³/mol. The van der Waals surface area contributed by atoms with Crippen molar-refractivity contribution in [2.75, 3.05) is 40.5 Å². The molecule has 1 aliphatic rings. The van der Waals surface area contributed by atoms with Gasteiger partial charge in [0.05, 0.1) is 6.61 Å². The lowest BCUT2D eigenvalue weighted by Crippen LogP contribution is -2.45. The van der Waals surface area contributed by atoms with Gasteiger partial charge in [0.25, 0.3) is 0 Å². The third-order valence-corrected chi connectivity index (χ3v) is 3.31. The quantitative estimate of drug-likeness (QED) is 0.673. The van der Waals surface area contributed by atoms with Gasteiger partial charge in [0.15, 0.2) is 0 Å². The molecule has 2 amide bonds. The van der Waals surface area contributed by atoms with Crippen molar-refractivity contribution < 1.29 is 14.3 Å². The molecule has 0 aromatic heterocycles. The molecule has 0 aliphatic heterocycles. The summed E-state index contributed by atoms with van der Waals surface area (Å²) in [6.45, 7) is 2.61. The molecule has 0 atom stereocenters. The number of hydrogen-bond acceptors (Lipinski definition) is 3. The second kappa shape index (κ2) is 9.16. The molecule has 0 saturated heterocycles. The van der Waals surface area contributed by atoms with Gasteiger partial charge in [-0.3, -0.25) is 0 Å². The zero-order chi connectivity index (χ0) is 13.2. The summed E-state index contributed by atoms with van der Waals surface area (Å²) in [5, 5.41) is 3.11. The smallest absolute Gasteiger partial charge is 0.317 e. The van der Waals surface area contributed by atoms with E-state index in [4.69, 9.17) is 9.47 Å². The summed E-state index contributed by atoms with van der Waals surface area (Å²) in [5.41, 5.74) is 0. The molecule has 5 nitrogen and oxygen atoms in total. The first-order valence-electron chi connectivity index (χ1n) is 6.81. The second-order valence-corrected chi connectivity index (χ2v) is 4.76. The van der Waals surface area contributed by atoms with Crippen LogP contribution >= 0.6 is 0 Å². The van der Waals surface area contributed by atoms with Gasteiger partial charge in [0.2, 0.25) is 0 Å². The van der Waals surface area contributed by atoms with E-state index in [1.54, 1.807) is 14.2 Å². The molecule has 0 heterocycles. The summed E-state index contributed by atoms with van der Waals surface area (Å²) in [6.07, 6.45) is 5.54. The first-order valence-corrected chi connectivity index (χ1v) is 6.81. The maximum atomic E-state index is 12.1. The van der Waals surface area contributed by atoms with Gasteiger partial charge in [0.1, 0.15) is 0 Å². The van der Waals surface area contributed by atoms with Crippen LogP contribution in [0.5, 0.6) is 0 Å². The van der Waals surface area contributed by atoms with Gasteiger partial charge in [0, 0.05) is 40.0 Å². The van der Waals surface area contributed by atoms with Crippen LogP contribution < -0.4 is 5.32 Å². The van der Waals surface area contributed by atoms with Gasteiger partial charge >= 0.3 is 6.03 Å². The first kappa shape index (κ1) is 15.2. The predicted octanol–water partition coefficient (Wildman–Crippen LogP) is 1.62. The minimum absolute atomic E-state index is 0.0371. The van der Waals surface area contributed by atoms with Crippen LogP contribution in [0, 0.1) is 0 Å². The number of nitrogens with zero attached hydrogens (tertiary/aromatic N) is 1. The Balaban J connectivity index is 2.32. The normalized spacial score (nSPS) is 15.9. The molecule has 0 unspecified atom stereocenters. The van der Waals surface area contributed by atoms with E-state index in [1.807, 2.05) is 4.90 Å². The Morgan fingerprint density at radius 1 is 1.17 bits per heavy atom. The number of carbonyl (C=O) groups is 1. The van der Waals surface area contributed by atoms with Crippen LogP contribution in [0.2, 0.25) is 0 Å². The number of ether oxygens (including phenoxy) is 2. The molecule has 1 fully saturated rings. The Morgan fingerprint density at radius 3 is 2.44 bits per heavy atom. The van der Waals surface area contributed by atoms with Crippen LogP contribution in [-0.2, 0) is 9.47 Å². The maximum Gasteiger partial charge on any atom is 0.317 e. The minimum atomic E-state index is 0.0371. The number of hydrogen-bond donors (Lipinski definition) is 1. The van der Waals surface area contributed by atoms with Gasteiger partial charge in [-0.15, -0.1) is 0 Å². The number of methoxy groups -OCH3 is 2. The first-order chi connectivity index (χ1) is 8.77. The van der Waals surface area contributed by atoms with Crippen LogP contribution in [0.25, 0.3) is 0 Å². The topological polar surface area (TPSA) is 50.8 Å². The van der Waals surface area contributed by atoms with E-state index in [0.717, 1.165) is 25.8 Å². The lowest BCUT2D eigenvalue weighted by molar-refractivity contribution is 0.136. The van der Waals surface area contributed by atoms with Gasteiger partial charge in [-0.1, -0.05) is 12.8 Å². The lowest BCUT2D eigenvalue weighted by atomic mass is 10.2. The highest BCUT2D eigenvalue weighted by Gasteiger charge is 2.20. The number of nitrogens with one attached hydrogen (secondary N) is 1. The molecule has 0 radical (unpaired) electrons. The molecule has 0 aromatic carbocycles. The molecule has 18 heavy (non-hydrogen) atoms. The van der Waals surface area contributed by atoms with Crippen LogP contribution in [-0.4, -0.2) is 57.5 Å². The van der Waals surface area contributed by atoms with Gasteiger partial charge in [-0.2, -0.15) is 0 Å². The number of rotatable bonds is 8. The molecule has 0 bridgehead atoms.